The first-order valence-corrected chi connectivity index (χ1v) is 7.91. The second-order valence-corrected chi connectivity index (χ2v) is 7.08. The maximum atomic E-state index is 11.6. The van der Waals surface area contributed by atoms with Crippen LogP contribution < -0.4 is 4.72 Å². The summed E-state index contributed by atoms with van der Waals surface area (Å²) < 4.78 is 30.2. The fourth-order valence-corrected chi connectivity index (χ4v) is 3.19. The van der Waals surface area contributed by atoms with Gasteiger partial charge in [-0.25, -0.2) is 13.4 Å². The number of nitrogens with one attached hydrogen (secondary N) is 1. The Labute approximate surface area is 115 Å². The van der Waals surface area contributed by atoms with Crippen molar-refractivity contribution in [3.05, 3.63) is 11.1 Å². The van der Waals surface area contributed by atoms with Crippen molar-refractivity contribution >= 4 is 32.5 Å². The number of nitrogens with zero attached hydrogens (tertiary/aromatic N) is 1. The molecule has 9 heteroatoms. The molecule has 1 rings (SSSR count). The SMILES string of the molecule is COCCS(=O)(=O)Nc1nc(C(C)(C)C(=O)O)cs1. The average Bonchev–Trinajstić information content (AvgIpc) is 2.74. The smallest absolute Gasteiger partial charge is 0.315 e. The molecule has 19 heavy (non-hydrogen) atoms. The van der Waals surface area contributed by atoms with Crippen LogP contribution in [0.5, 0.6) is 0 Å². The maximum absolute atomic E-state index is 11.6. The van der Waals surface area contributed by atoms with Gasteiger partial charge >= 0.3 is 5.97 Å². The van der Waals surface area contributed by atoms with Crippen LogP contribution in [0.1, 0.15) is 19.5 Å². The highest BCUT2D eigenvalue weighted by atomic mass is 32.2. The number of carbonyl (C=O) groups is 1. The molecule has 0 aromatic carbocycles. The van der Waals surface area contributed by atoms with Gasteiger partial charge in [0.25, 0.3) is 0 Å². The number of rotatable bonds is 7. The van der Waals surface area contributed by atoms with Gasteiger partial charge in [0.05, 0.1) is 18.1 Å². The summed E-state index contributed by atoms with van der Waals surface area (Å²) >= 11 is 1.05. The van der Waals surface area contributed by atoms with E-state index in [1.54, 1.807) is 0 Å². The van der Waals surface area contributed by atoms with Crippen LogP contribution in [0.4, 0.5) is 5.13 Å². The predicted octanol–water partition coefficient (Wildman–Crippen LogP) is 0.893. The Balaban J connectivity index is 2.84. The average molecular weight is 308 g/mol. The summed E-state index contributed by atoms with van der Waals surface area (Å²) in [6.45, 7) is 3.09. The number of methoxy groups -OCH3 is 1. The van der Waals surface area contributed by atoms with E-state index in [0.29, 0.717) is 5.69 Å². The number of hydrogen-bond donors (Lipinski definition) is 2. The molecule has 1 aromatic heterocycles. The van der Waals surface area contributed by atoms with E-state index in [0.717, 1.165) is 11.3 Å². The predicted molar refractivity (Wildman–Crippen MR) is 72.1 cm³/mol. The zero-order chi connectivity index (χ0) is 14.7. The summed E-state index contributed by atoms with van der Waals surface area (Å²) in [6, 6.07) is 0. The van der Waals surface area contributed by atoms with Gasteiger partial charge in [-0.05, 0) is 13.8 Å². The molecule has 0 radical (unpaired) electrons. The van der Waals surface area contributed by atoms with Gasteiger partial charge in [-0.1, -0.05) is 0 Å². The molecule has 0 saturated carbocycles. The fraction of sp³-hybridized carbons (Fsp3) is 0.600. The summed E-state index contributed by atoms with van der Waals surface area (Å²) in [5.41, 5.74) is -0.846. The highest BCUT2D eigenvalue weighted by molar-refractivity contribution is 7.92. The first-order valence-electron chi connectivity index (χ1n) is 5.38. The molecule has 0 unspecified atom stereocenters. The van der Waals surface area contributed by atoms with Crippen LogP contribution in [-0.4, -0.2) is 43.9 Å². The molecule has 1 heterocycles. The van der Waals surface area contributed by atoms with Gasteiger partial charge in [0.2, 0.25) is 10.0 Å². The molecule has 0 saturated heterocycles. The van der Waals surface area contributed by atoms with E-state index in [2.05, 4.69) is 9.71 Å². The van der Waals surface area contributed by atoms with Gasteiger partial charge < -0.3 is 9.84 Å². The van der Waals surface area contributed by atoms with Crippen molar-refractivity contribution < 1.29 is 23.1 Å². The fourth-order valence-electron chi connectivity index (χ4n) is 1.09. The van der Waals surface area contributed by atoms with Crippen LogP contribution in [0.2, 0.25) is 0 Å². The summed E-state index contributed by atoms with van der Waals surface area (Å²) in [7, 11) is -2.11. The lowest BCUT2D eigenvalue weighted by molar-refractivity contribution is -0.142. The van der Waals surface area contributed by atoms with E-state index >= 15 is 0 Å². The first kappa shape index (κ1) is 15.9. The number of aliphatic carboxylic acids is 1. The summed E-state index contributed by atoms with van der Waals surface area (Å²) in [5, 5.41) is 10.7. The Hall–Kier alpha value is -1.19. The highest BCUT2D eigenvalue weighted by Gasteiger charge is 2.32. The molecule has 0 aliphatic rings. The van der Waals surface area contributed by atoms with Crippen LogP contribution in [-0.2, 0) is 25.0 Å². The zero-order valence-electron chi connectivity index (χ0n) is 10.8. The molecule has 108 valence electrons. The van der Waals surface area contributed by atoms with Crippen molar-refractivity contribution in [1.29, 1.82) is 0 Å². The number of carboxylic acid groups (broad SMARTS) is 1. The molecule has 7 nitrogen and oxygen atoms in total. The second kappa shape index (κ2) is 5.85. The van der Waals surface area contributed by atoms with Crippen LogP contribution in [0.15, 0.2) is 5.38 Å². The Morgan fingerprint density at radius 3 is 2.74 bits per heavy atom. The van der Waals surface area contributed by atoms with Crippen molar-refractivity contribution in [2.45, 2.75) is 19.3 Å². The van der Waals surface area contributed by atoms with Gasteiger partial charge in [-0.15, -0.1) is 11.3 Å². The molecule has 0 aliphatic heterocycles. The number of ether oxygens (including phenoxy) is 1. The Kier molecular flexibility index (Phi) is 4.88. The monoisotopic (exact) mass is 308 g/mol. The second-order valence-electron chi connectivity index (χ2n) is 4.38. The largest absolute Gasteiger partial charge is 0.481 e. The van der Waals surface area contributed by atoms with E-state index in [4.69, 9.17) is 9.84 Å². The first-order chi connectivity index (χ1) is 8.69. The number of hydrogen-bond acceptors (Lipinski definition) is 6. The van der Waals surface area contributed by atoms with Gasteiger partial charge in [0.15, 0.2) is 5.13 Å². The summed E-state index contributed by atoms with van der Waals surface area (Å²) in [6.07, 6.45) is 0. The number of thiazole rings is 1. The van der Waals surface area contributed by atoms with Crippen LogP contribution >= 0.6 is 11.3 Å². The molecule has 2 N–H and O–H groups in total. The quantitative estimate of drug-likeness (QED) is 0.775. The standard InChI is InChI=1S/C10H16N2O5S2/c1-10(2,8(13)14)7-6-18-9(11-7)12-19(15,16)5-4-17-3/h6H,4-5H2,1-3H3,(H,11,12)(H,13,14). The molecule has 0 bridgehead atoms. The Morgan fingerprint density at radius 2 is 2.21 bits per heavy atom. The normalized spacial score (nSPS) is 12.4. The van der Waals surface area contributed by atoms with E-state index in [1.165, 1.54) is 26.3 Å². The minimum absolute atomic E-state index is 0.0776. The van der Waals surface area contributed by atoms with E-state index in [-0.39, 0.29) is 17.5 Å². The lowest BCUT2D eigenvalue weighted by Crippen LogP contribution is -2.29. The van der Waals surface area contributed by atoms with Crippen molar-refractivity contribution in [3.63, 3.8) is 0 Å². The maximum Gasteiger partial charge on any atom is 0.315 e. The van der Waals surface area contributed by atoms with Gasteiger partial charge in [-0.3, -0.25) is 9.52 Å². The number of carboxylic acids is 1. The third kappa shape index (κ3) is 4.15. The Morgan fingerprint density at radius 1 is 1.58 bits per heavy atom. The van der Waals surface area contributed by atoms with E-state index in [9.17, 15) is 13.2 Å². The molecule has 0 fully saturated rings. The molecule has 1 aromatic rings. The lowest BCUT2D eigenvalue weighted by atomic mass is 9.91. The van der Waals surface area contributed by atoms with Gasteiger partial charge in [0.1, 0.15) is 5.41 Å². The number of aromatic nitrogens is 1. The highest BCUT2D eigenvalue weighted by Crippen LogP contribution is 2.27. The van der Waals surface area contributed by atoms with Crippen LogP contribution in [0.25, 0.3) is 0 Å². The molecule has 0 aliphatic carbocycles. The molecular formula is C10H16N2O5S2. The van der Waals surface area contributed by atoms with Gasteiger partial charge in [0, 0.05) is 12.5 Å². The topological polar surface area (TPSA) is 106 Å². The molecule has 0 amide bonds. The van der Waals surface area contributed by atoms with Crippen LogP contribution in [0, 0.1) is 0 Å². The minimum atomic E-state index is -3.52. The van der Waals surface area contributed by atoms with Crippen LogP contribution in [0.3, 0.4) is 0 Å². The van der Waals surface area contributed by atoms with Crippen molar-refractivity contribution in [1.82, 2.24) is 4.98 Å². The molecule has 0 spiro atoms. The molecular weight excluding hydrogens is 292 g/mol. The zero-order valence-corrected chi connectivity index (χ0v) is 12.5. The number of sulfonamides is 1. The van der Waals surface area contributed by atoms with E-state index < -0.39 is 21.4 Å². The van der Waals surface area contributed by atoms with Crippen molar-refractivity contribution in [3.8, 4) is 0 Å². The molecule has 0 atom stereocenters. The van der Waals surface area contributed by atoms with Gasteiger partial charge in [-0.2, -0.15) is 0 Å². The van der Waals surface area contributed by atoms with E-state index in [1.807, 2.05) is 0 Å². The lowest BCUT2D eigenvalue weighted by Gasteiger charge is -2.15. The minimum Gasteiger partial charge on any atom is -0.481 e. The number of anilines is 1. The summed E-state index contributed by atoms with van der Waals surface area (Å²) in [4.78, 5) is 15.1. The third-order valence-electron chi connectivity index (χ3n) is 2.48. The Bertz CT molecular complexity index is 550. The van der Waals surface area contributed by atoms with Crippen molar-refractivity contribution in [2.24, 2.45) is 0 Å². The third-order valence-corrected chi connectivity index (χ3v) is 4.57. The van der Waals surface area contributed by atoms with Crippen molar-refractivity contribution in [2.75, 3.05) is 24.2 Å². The summed E-state index contributed by atoms with van der Waals surface area (Å²) in [5.74, 6) is -1.20.